The summed E-state index contributed by atoms with van der Waals surface area (Å²) in [7, 11) is 1.55. The third kappa shape index (κ3) is 4.66. The summed E-state index contributed by atoms with van der Waals surface area (Å²) in [6, 6.07) is 12.3. The molecule has 0 spiro atoms. The number of aryl methyl sites for hydroxylation is 1. The Morgan fingerprint density at radius 2 is 2.00 bits per heavy atom. The second-order valence-electron chi connectivity index (χ2n) is 6.69. The average molecular weight is 444 g/mol. The summed E-state index contributed by atoms with van der Waals surface area (Å²) in [6.45, 7) is 3.87. The number of carboxylic acid groups (broad SMARTS) is 1. The summed E-state index contributed by atoms with van der Waals surface area (Å²) >= 11 is 6.27. The number of benzene rings is 2. The molecule has 0 aromatic heterocycles. The number of carbonyl (C=O) groups is 2. The Kier molecular flexibility index (Phi) is 6.79. The summed E-state index contributed by atoms with van der Waals surface area (Å²) in [5.41, 5.74) is 2.95. The smallest absolute Gasteiger partial charge is 0.326 e. The van der Waals surface area contributed by atoms with Gasteiger partial charge in [0.05, 0.1) is 12.0 Å². The molecule has 1 fully saturated rings. The Morgan fingerprint density at radius 1 is 1.27 bits per heavy atom. The van der Waals surface area contributed by atoms with Crippen LogP contribution >= 0.6 is 24.0 Å². The van der Waals surface area contributed by atoms with E-state index in [1.165, 1.54) is 6.92 Å². The molecule has 1 saturated heterocycles. The zero-order valence-corrected chi connectivity index (χ0v) is 18.4. The van der Waals surface area contributed by atoms with Gasteiger partial charge in [-0.1, -0.05) is 54.3 Å². The molecular weight excluding hydrogens is 422 g/mol. The number of hydrogen-bond acceptors (Lipinski definition) is 6. The summed E-state index contributed by atoms with van der Waals surface area (Å²) in [5.74, 6) is -0.403. The maximum Gasteiger partial charge on any atom is 0.326 e. The Bertz CT molecular complexity index is 1030. The van der Waals surface area contributed by atoms with E-state index in [0.717, 1.165) is 33.4 Å². The number of nitrogens with zero attached hydrogens (tertiary/aromatic N) is 1. The van der Waals surface area contributed by atoms with Crippen molar-refractivity contribution in [3.63, 3.8) is 0 Å². The van der Waals surface area contributed by atoms with E-state index in [4.69, 9.17) is 21.7 Å². The minimum atomic E-state index is -1.11. The number of thioether (sulfide) groups is 1. The Morgan fingerprint density at radius 3 is 2.67 bits per heavy atom. The van der Waals surface area contributed by atoms with Gasteiger partial charge in [-0.15, -0.1) is 0 Å². The lowest BCUT2D eigenvalue weighted by Crippen LogP contribution is -2.41. The molecule has 0 saturated carbocycles. The van der Waals surface area contributed by atoms with Crippen LogP contribution in [0.5, 0.6) is 11.5 Å². The largest absolute Gasteiger partial charge is 0.493 e. The fourth-order valence-electron chi connectivity index (χ4n) is 2.90. The van der Waals surface area contributed by atoms with Gasteiger partial charge >= 0.3 is 5.97 Å². The first-order chi connectivity index (χ1) is 14.3. The van der Waals surface area contributed by atoms with Crippen molar-refractivity contribution in [2.24, 2.45) is 0 Å². The van der Waals surface area contributed by atoms with Gasteiger partial charge in [-0.3, -0.25) is 9.69 Å². The molecule has 0 aliphatic carbocycles. The van der Waals surface area contributed by atoms with Crippen LogP contribution in [-0.4, -0.2) is 39.4 Å². The summed E-state index contributed by atoms with van der Waals surface area (Å²) in [4.78, 5) is 25.3. The highest BCUT2D eigenvalue weighted by atomic mass is 32.2. The van der Waals surface area contributed by atoms with E-state index in [-0.39, 0.29) is 4.32 Å². The van der Waals surface area contributed by atoms with Crippen LogP contribution in [0.1, 0.15) is 23.6 Å². The Labute approximate surface area is 184 Å². The van der Waals surface area contributed by atoms with Crippen molar-refractivity contribution in [3.8, 4) is 11.5 Å². The molecule has 0 unspecified atom stereocenters. The molecule has 8 heteroatoms. The van der Waals surface area contributed by atoms with Gasteiger partial charge < -0.3 is 14.6 Å². The minimum absolute atomic E-state index is 0.228. The van der Waals surface area contributed by atoms with Crippen LogP contribution < -0.4 is 9.47 Å². The van der Waals surface area contributed by atoms with Crippen molar-refractivity contribution < 1.29 is 24.2 Å². The van der Waals surface area contributed by atoms with Gasteiger partial charge in [0.25, 0.3) is 5.91 Å². The van der Waals surface area contributed by atoms with Gasteiger partial charge in [0.1, 0.15) is 17.0 Å². The molecular formula is C22H21NO5S2. The molecule has 156 valence electrons. The lowest BCUT2D eigenvalue weighted by molar-refractivity contribution is -0.144. The molecule has 1 aliphatic heterocycles. The van der Waals surface area contributed by atoms with E-state index < -0.39 is 17.9 Å². The van der Waals surface area contributed by atoms with Gasteiger partial charge in [0.2, 0.25) is 0 Å². The molecule has 0 bridgehead atoms. The van der Waals surface area contributed by atoms with Gasteiger partial charge in [-0.25, -0.2) is 4.79 Å². The summed E-state index contributed by atoms with van der Waals surface area (Å²) < 4.78 is 11.6. The van der Waals surface area contributed by atoms with Gasteiger partial charge in [0.15, 0.2) is 11.5 Å². The topological polar surface area (TPSA) is 76.1 Å². The van der Waals surface area contributed by atoms with E-state index in [0.29, 0.717) is 23.0 Å². The third-order valence-electron chi connectivity index (χ3n) is 4.70. The predicted octanol–water partition coefficient (Wildman–Crippen LogP) is 4.26. The number of hydrogen-bond donors (Lipinski definition) is 1. The number of amides is 1. The predicted molar refractivity (Wildman–Crippen MR) is 121 cm³/mol. The maximum atomic E-state index is 12.6. The van der Waals surface area contributed by atoms with Crippen molar-refractivity contribution in [1.29, 1.82) is 0 Å². The zero-order valence-electron chi connectivity index (χ0n) is 16.7. The molecule has 30 heavy (non-hydrogen) atoms. The van der Waals surface area contributed by atoms with Crippen molar-refractivity contribution in [2.45, 2.75) is 26.5 Å². The lowest BCUT2D eigenvalue weighted by atomic mass is 10.1. The fraction of sp³-hybridized carbons (Fsp3) is 0.227. The molecule has 1 amide bonds. The molecule has 2 aromatic carbocycles. The minimum Gasteiger partial charge on any atom is -0.493 e. The normalized spacial score (nSPS) is 16.1. The zero-order chi connectivity index (χ0) is 21.8. The number of rotatable bonds is 7. The highest BCUT2D eigenvalue weighted by Crippen LogP contribution is 2.36. The number of carboxylic acids is 1. The van der Waals surface area contributed by atoms with Crippen LogP contribution in [0.15, 0.2) is 47.4 Å². The first-order valence-electron chi connectivity index (χ1n) is 9.17. The number of methoxy groups -OCH3 is 1. The lowest BCUT2D eigenvalue weighted by Gasteiger charge is -2.18. The molecule has 1 heterocycles. The van der Waals surface area contributed by atoms with Crippen LogP contribution in [0, 0.1) is 6.92 Å². The number of carbonyl (C=O) groups excluding carboxylic acids is 1. The summed E-state index contributed by atoms with van der Waals surface area (Å²) in [5, 5.41) is 9.19. The Hall–Kier alpha value is -2.84. The van der Waals surface area contributed by atoms with Crippen molar-refractivity contribution in [1.82, 2.24) is 4.90 Å². The quantitative estimate of drug-likeness (QED) is 0.506. The van der Waals surface area contributed by atoms with Crippen LogP contribution in [-0.2, 0) is 16.2 Å². The standard InChI is InChI=1S/C22H21NO5S2/c1-13-6-4-5-7-16(13)12-28-17-9-8-15(10-18(17)27-3)11-19-20(24)23(22(29)30-19)14(2)21(25)26/h4-11,14H,12H2,1-3H3,(H,25,26)/b19-11-/t14-/m0/s1. The third-order valence-corrected chi connectivity index (χ3v) is 6.03. The van der Waals surface area contributed by atoms with E-state index >= 15 is 0 Å². The second-order valence-corrected chi connectivity index (χ2v) is 8.37. The molecule has 1 aliphatic rings. The van der Waals surface area contributed by atoms with Gasteiger partial charge in [0, 0.05) is 0 Å². The average Bonchev–Trinajstić information content (AvgIpc) is 3.00. The first-order valence-corrected chi connectivity index (χ1v) is 10.4. The van der Waals surface area contributed by atoms with Crippen molar-refractivity contribution >= 4 is 46.3 Å². The highest BCUT2D eigenvalue weighted by Gasteiger charge is 2.38. The Balaban J connectivity index is 1.79. The van der Waals surface area contributed by atoms with E-state index in [9.17, 15) is 14.7 Å². The first kappa shape index (κ1) is 21.9. The van der Waals surface area contributed by atoms with Gasteiger partial charge in [-0.05, 0) is 48.7 Å². The van der Waals surface area contributed by atoms with Crippen LogP contribution in [0.2, 0.25) is 0 Å². The molecule has 3 rings (SSSR count). The van der Waals surface area contributed by atoms with Crippen LogP contribution in [0.25, 0.3) is 6.08 Å². The van der Waals surface area contributed by atoms with E-state index in [1.54, 1.807) is 25.3 Å². The van der Waals surface area contributed by atoms with Crippen molar-refractivity contribution in [2.75, 3.05) is 7.11 Å². The number of aliphatic carboxylic acids is 1. The second kappa shape index (κ2) is 9.32. The molecule has 6 nitrogen and oxygen atoms in total. The maximum absolute atomic E-state index is 12.6. The van der Waals surface area contributed by atoms with E-state index in [1.807, 2.05) is 37.3 Å². The van der Waals surface area contributed by atoms with Crippen LogP contribution in [0.4, 0.5) is 0 Å². The van der Waals surface area contributed by atoms with Crippen molar-refractivity contribution in [3.05, 3.63) is 64.1 Å². The molecule has 2 aromatic rings. The molecule has 1 atom stereocenters. The SMILES string of the molecule is COc1cc(/C=C2\SC(=S)N([C@@H](C)C(=O)O)C2=O)ccc1OCc1ccccc1C. The van der Waals surface area contributed by atoms with E-state index in [2.05, 4.69) is 0 Å². The molecule has 0 radical (unpaired) electrons. The molecule has 1 N–H and O–H groups in total. The van der Waals surface area contributed by atoms with Gasteiger partial charge in [-0.2, -0.15) is 0 Å². The number of thiocarbonyl (C=S) groups is 1. The number of ether oxygens (including phenoxy) is 2. The summed E-state index contributed by atoms with van der Waals surface area (Å²) in [6.07, 6.45) is 1.67. The fourth-order valence-corrected chi connectivity index (χ4v) is 4.31. The monoisotopic (exact) mass is 443 g/mol. The highest BCUT2D eigenvalue weighted by molar-refractivity contribution is 8.26. The van der Waals surface area contributed by atoms with Crippen LogP contribution in [0.3, 0.4) is 0 Å².